The van der Waals surface area contributed by atoms with Gasteiger partial charge in [-0.05, 0) is 54.2 Å². The topological polar surface area (TPSA) is 76.1 Å². The number of hydrogen-bond donors (Lipinski definition) is 1. The lowest BCUT2D eigenvalue weighted by molar-refractivity contribution is -0.140. The molecule has 1 amide bonds. The number of likely N-dealkylation sites (tertiary alicyclic amines) is 1. The Morgan fingerprint density at radius 2 is 1.88 bits per heavy atom. The molecule has 0 aliphatic carbocycles. The summed E-state index contributed by atoms with van der Waals surface area (Å²) in [6.45, 7) is 9.19. The van der Waals surface area contributed by atoms with E-state index in [0.717, 1.165) is 24.0 Å². The standard InChI is InChI=1S/C28H31NO5/c1-4-15-33-22-13-11-21(12-14-22)26(30)24-25(20-9-7-19(8-10-20)18(2)3)29(28(32)27(24)31)17-23-6-5-16-34-23/h4,7-14,18,23,25,30H,1,5-6,15-17H2,2-3H3/t23-,25-/m0/s1. The maximum atomic E-state index is 13.2. The SMILES string of the molecule is C=CCOc1ccc(C(O)=C2C(=O)C(=O)N(C[C@@H]3CCCO3)[C@H]2c2ccc(C(C)C)cc2)cc1. The smallest absolute Gasteiger partial charge is 0.295 e. The molecule has 2 aromatic carbocycles. The average molecular weight is 462 g/mol. The molecule has 2 saturated heterocycles. The molecular weight excluding hydrogens is 430 g/mol. The molecule has 0 aromatic heterocycles. The van der Waals surface area contributed by atoms with Crippen molar-refractivity contribution in [2.24, 2.45) is 0 Å². The normalized spacial score (nSPS) is 21.9. The monoisotopic (exact) mass is 461 g/mol. The first-order chi connectivity index (χ1) is 16.4. The highest BCUT2D eigenvalue weighted by Crippen LogP contribution is 2.40. The Labute approximate surface area is 200 Å². The van der Waals surface area contributed by atoms with Crippen LogP contribution in [0.25, 0.3) is 5.76 Å². The van der Waals surface area contributed by atoms with E-state index in [1.54, 1.807) is 35.2 Å². The summed E-state index contributed by atoms with van der Waals surface area (Å²) >= 11 is 0. The predicted octanol–water partition coefficient (Wildman–Crippen LogP) is 4.98. The van der Waals surface area contributed by atoms with Crippen LogP contribution in [0.2, 0.25) is 0 Å². The van der Waals surface area contributed by atoms with Crippen LogP contribution in [0.1, 0.15) is 55.3 Å². The van der Waals surface area contributed by atoms with Crippen LogP contribution in [0, 0.1) is 0 Å². The van der Waals surface area contributed by atoms with Gasteiger partial charge in [0.1, 0.15) is 18.1 Å². The molecule has 178 valence electrons. The first-order valence-corrected chi connectivity index (χ1v) is 11.7. The van der Waals surface area contributed by atoms with E-state index in [2.05, 4.69) is 20.4 Å². The quantitative estimate of drug-likeness (QED) is 0.260. The van der Waals surface area contributed by atoms with Gasteiger partial charge in [-0.1, -0.05) is 50.8 Å². The van der Waals surface area contributed by atoms with E-state index in [1.807, 2.05) is 24.3 Å². The van der Waals surface area contributed by atoms with E-state index < -0.39 is 17.7 Å². The summed E-state index contributed by atoms with van der Waals surface area (Å²) in [6.07, 6.45) is 3.31. The molecule has 6 heteroatoms. The van der Waals surface area contributed by atoms with Crippen LogP contribution in [0.3, 0.4) is 0 Å². The zero-order valence-corrected chi connectivity index (χ0v) is 19.7. The van der Waals surface area contributed by atoms with Crippen molar-refractivity contribution in [1.82, 2.24) is 4.90 Å². The van der Waals surface area contributed by atoms with Gasteiger partial charge in [0, 0.05) is 18.7 Å². The van der Waals surface area contributed by atoms with Gasteiger partial charge in [0.25, 0.3) is 11.7 Å². The van der Waals surface area contributed by atoms with Gasteiger partial charge in [0.05, 0.1) is 17.7 Å². The van der Waals surface area contributed by atoms with Gasteiger partial charge in [0.15, 0.2) is 0 Å². The number of rotatable bonds is 8. The van der Waals surface area contributed by atoms with Crippen molar-refractivity contribution < 1.29 is 24.2 Å². The van der Waals surface area contributed by atoms with Crippen LogP contribution >= 0.6 is 0 Å². The minimum Gasteiger partial charge on any atom is -0.507 e. The highest BCUT2D eigenvalue weighted by molar-refractivity contribution is 6.46. The number of nitrogens with zero attached hydrogens (tertiary/aromatic N) is 1. The van der Waals surface area contributed by atoms with Crippen molar-refractivity contribution in [2.75, 3.05) is 19.8 Å². The Bertz CT molecular complexity index is 1080. The summed E-state index contributed by atoms with van der Waals surface area (Å²) in [7, 11) is 0. The van der Waals surface area contributed by atoms with Gasteiger partial charge >= 0.3 is 0 Å². The zero-order chi connectivity index (χ0) is 24.2. The molecular formula is C28H31NO5. The summed E-state index contributed by atoms with van der Waals surface area (Å²) in [5.74, 6) is -0.507. The highest BCUT2D eigenvalue weighted by atomic mass is 16.5. The van der Waals surface area contributed by atoms with Crippen LogP contribution in [0.4, 0.5) is 0 Å². The van der Waals surface area contributed by atoms with E-state index in [0.29, 0.717) is 37.0 Å². The number of carbonyl (C=O) groups excluding carboxylic acids is 2. The van der Waals surface area contributed by atoms with Crippen LogP contribution < -0.4 is 4.74 Å². The molecule has 1 N–H and O–H groups in total. The van der Waals surface area contributed by atoms with Gasteiger partial charge < -0.3 is 19.5 Å². The molecule has 2 heterocycles. The first kappa shape index (κ1) is 23.8. The molecule has 2 fully saturated rings. The second-order valence-corrected chi connectivity index (χ2v) is 9.03. The largest absolute Gasteiger partial charge is 0.507 e. The number of aliphatic hydroxyl groups is 1. The molecule has 34 heavy (non-hydrogen) atoms. The highest BCUT2D eigenvalue weighted by Gasteiger charge is 2.47. The number of ketones is 1. The van der Waals surface area contributed by atoms with Crippen molar-refractivity contribution in [1.29, 1.82) is 0 Å². The molecule has 2 aromatic rings. The summed E-state index contributed by atoms with van der Waals surface area (Å²) in [5.41, 5.74) is 2.49. The van der Waals surface area contributed by atoms with Crippen LogP contribution in [0.5, 0.6) is 5.75 Å². The first-order valence-electron chi connectivity index (χ1n) is 11.7. The third-order valence-electron chi connectivity index (χ3n) is 6.38. The van der Waals surface area contributed by atoms with Crippen molar-refractivity contribution in [3.05, 3.63) is 83.4 Å². The molecule has 0 saturated carbocycles. The second kappa shape index (κ2) is 10.3. The summed E-state index contributed by atoms with van der Waals surface area (Å²) in [6, 6.07) is 14.0. The predicted molar refractivity (Wildman–Crippen MR) is 131 cm³/mol. The van der Waals surface area contributed by atoms with Crippen LogP contribution in [-0.2, 0) is 14.3 Å². The molecule has 0 radical (unpaired) electrons. The molecule has 4 rings (SSSR count). The average Bonchev–Trinajstić information content (AvgIpc) is 3.45. The lowest BCUT2D eigenvalue weighted by Gasteiger charge is -2.27. The lowest BCUT2D eigenvalue weighted by Crippen LogP contribution is -2.36. The molecule has 2 aliphatic rings. The fraction of sp³-hybridized carbons (Fsp3) is 0.357. The fourth-order valence-corrected chi connectivity index (χ4v) is 4.51. The van der Waals surface area contributed by atoms with Crippen molar-refractivity contribution in [3.8, 4) is 5.75 Å². The molecule has 2 aliphatic heterocycles. The van der Waals surface area contributed by atoms with Gasteiger partial charge in [-0.3, -0.25) is 9.59 Å². The van der Waals surface area contributed by atoms with Crippen molar-refractivity contribution in [3.63, 3.8) is 0 Å². The molecule has 0 spiro atoms. The Kier molecular flexibility index (Phi) is 7.17. The molecule has 0 bridgehead atoms. The maximum Gasteiger partial charge on any atom is 0.295 e. The third kappa shape index (κ3) is 4.77. The fourth-order valence-electron chi connectivity index (χ4n) is 4.51. The number of ether oxygens (including phenoxy) is 2. The van der Waals surface area contributed by atoms with E-state index in [4.69, 9.17) is 9.47 Å². The number of Topliss-reactive ketones (excluding diaryl/α,β-unsaturated/α-hetero) is 1. The van der Waals surface area contributed by atoms with Gasteiger partial charge in [-0.2, -0.15) is 0 Å². The number of carbonyl (C=O) groups is 2. The third-order valence-corrected chi connectivity index (χ3v) is 6.38. The summed E-state index contributed by atoms with van der Waals surface area (Å²) in [5, 5.41) is 11.2. The Balaban J connectivity index is 1.75. The summed E-state index contributed by atoms with van der Waals surface area (Å²) in [4.78, 5) is 27.9. The number of benzene rings is 2. The molecule has 6 nitrogen and oxygen atoms in total. The number of hydrogen-bond acceptors (Lipinski definition) is 5. The van der Waals surface area contributed by atoms with Crippen LogP contribution in [-0.4, -0.2) is 47.6 Å². The lowest BCUT2D eigenvalue weighted by atomic mass is 9.93. The zero-order valence-electron chi connectivity index (χ0n) is 19.7. The van der Waals surface area contributed by atoms with E-state index in [1.165, 1.54) is 0 Å². The number of amides is 1. The molecule has 2 atom stereocenters. The Hall–Kier alpha value is -3.38. The summed E-state index contributed by atoms with van der Waals surface area (Å²) < 4.78 is 11.3. The van der Waals surface area contributed by atoms with Gasteiger partial charge in [0.2, 0.25) is 0 Å². The second-order valence-electron chi connectivity index (χ2n) is 9.03. The minimum absolute atomic E-state index is 0.0973. The molecule has 0 unspecified atom stereocenters. The number of aliphatic hydroxyl groups excluding tert-OH is 1. The maximum absolute atomic E-state index is 13.2. The van der Waals surface area contributed by atoms with Crippen LogP contribution in [0.15, 0.2) is 66.8 Å². The minimum atomic E-state index is -0.680. The Morgan fingerprint density at radius 3 is 2.47 bits per heavy atom. The Morgan fingerprint density at radius 1 is 1.18 bits per heavy atom. The van der Waals surface area contributed by atoms with Gasteiger partial charge in [-0.25, -0.2) is 0 Å². The van der Waals surface area contributed by atoms with Crippen molar-refractivity contribution >= 4 is 17.4 Å². The van der Waals surface area contributed by atoms with Gasteiger partial charge in [-0.15, -0.1) is 0 Å². The van der Waals surface area contributed by atoms with E-state index in [9.17, 15) is 14.7 Å². The van der Waals surface area contributed by atoms with Crippen molar-refractivity contribution in [2.45, 2.75) is 44.8 Å². The van der Waals surface area contributed by atoms with E-state index >= 15 is 0 Å². The van der Waals surface area contributed by atoms with E-state index in [-0.39, 0.29) is 17.4 Å².